The third-order valence-electron chi connectivity index (χ3n) is 3.06. The van der Waals surface area contributed by atoms with E-state index in [2.05, 4.69) is 10.6 Å². The van der Waals surface area contributed by atoms with Gasteiger partial charge in [0.2, 0.25) is 0 Å². The van der Waals surface area contributed by atoms with Crippen LogP contribution in [0.4, 0.5) is 5.69 Å². The molecule has 1 aliphatic heterocycles. The number of nitro benzene ring substituents is 1. The average molecular weight is 350 g/mol. The highest BCUT2D eigenvalue weighted by atomic mass is 35.5. The molecule has 3 rings (SSSR count). The topological polar surface area (TPSA) is 97.4 Å². The maximum atomic E-state index is 11.6. The average Bonchev–Trinajstić information content (AvgIpc) is 3.06. The fourth-order valence-electron chi connectivity index (χ4n) is 2.02. The first kappa shape index (κ1) is 15.2. The molecule has 0 radical (unpaired) electrons. The van der Waals surface area contributed by atoms with Gasteiger partial charge >= 0.3 is 0 Å². The Bertz CT molecular complexity index is 875. The molecule has 0 spiro atoms. The summed E-state index contributed by atoms with van der Waals surface area (Å²) in [5, 5.41) is 16.5. The number of furan rings is 1. The predicted octanol–water partition coefficient (Wildman–Crippen LogP) is 2.85. The van der Waals surface area contributed by atoms with Crippen LogP contribution in [0.15, 0.2) is 40.4 Å². The number of rotatable bonds is 3. The van der Waals surface area contributed by atoms with Gasteiger partial charge in [0, 0.05) is 23.8 Å². The number of hydrogen-bond donors (Lipinski definition) is 2. The molecule has 7 nitrogen and oxygen atoms in total. The molecule has 2 aromatic rings. The van der Waals surface area contributed by atoms with Gasteiger partial charge < -0.3 is 9.73 Å². The van der Waals surface area contributed by atoms with Gasteiger partial charge in [-0.1, -0.05) is 11.6 Å². The van der Waals surface area contributed by atoms with Crippen molar-refractivity contribution in [2.24, 2.45) is 0 Å². The zero-order valence-corrected chi connectivity index (χ0v) is 12.9. The van der Waals surface area contributed by atoms with E-state index in [0.29, 0.717) is 22.1 Å². The lowest BCUT2D eigenvalue weighted by atomic mass is 10.1. The van der Waals surface area contributed by atoms with Crippen LogP contribution < -0.4 is 10.6 Å². The van der Waals surface area contributed by atoms with Gasteiger partial charge in [-0.3, -0.25) is 20.2 Å². The molecular weight excluding hydrogens is 342 g/mol. The normalized spacial score (nSPS) is 15.6. The van der Waals surface area contributed by atoms with Crippen LogP contribution in [-0.2, 0) is 4.79 Å². The highest BCUT2D eigenvalue weighted by Gasteiger charge is 2.21. The van der Waals surface area contributed by atoms with Crippen LogP contribution in [0.2, 0.25) is 5.02 Å². The summed E-state index contributed by atoms with van der Waals surface area (Å²) in [6.07, 6.45) is 1.48. The zero-order chi connectivity index (χ0) is 16.6. The van der Waals surface area contributed by atoms with Crippen LogP contribution in [0.25, 0.3) is 17.4 Å². The van der Waals surface area contributed by atoms with E-state index in [1.54, 1.807) is 12.1 Å². The Balaban J connectivity index is 1.95. The van der Waals surface area contributed by atoms with Gasteiger partial charge in [-0.15, -0.1) is 0 Å². The Hall–Kier alpha value is -2.71. The van der Waals surface area contributed by atoms with E-state index in [0.717, 1.165) is 0 Å². The number of non-ortho nitro benzene ring substituents is 1. The van der Waals surface area contributed by atoms with E-state index in [4.69, 9.17) is 28.2 Å². The zero-order valence-electron chi connectivity index (χ0n) is 11.3. The second kappa shape index (κ2) is 5.82. The number of thiocarbonyl (C=S) groups is 1. The molecule has 1 amide bonds. The van der Waals surface area contributed by atoms with Gasteiger partial charge in [-0.25, -0.2) is 0 Å². The molecule has 23 heavy (non-hydrogen) atoms. The van der Waals surface area contributed by atoms with Crippen molar-refractivity contribution >= 4 is 46.6 Å². The second-order valence-electron chi connectivity index (χ2n) is 4.59. The van der Waals surface area contributed by atoms with Gasteiger partial charge in [-0.05, 0) is 30.4 Å². The lowest BCUT2D eigenvalue weighted by molar-refractivity contribution is -0.384. The maximum Gasteiger partial charge on any atom is 0.274 e. The van der Waals surface area contributed by atoms with Crippen molar-refractivity contribution in [3.8, 4) is 11.3 Å². The predicted molar refractivity (Wildman–Crippen MR) is 87.7 cm³/mol. The summed E-state index contributed by atoms with van der Waals surface area (Å²) < 4.78 is 5.58. The molecule has 116 valence electrons. The monoisotopic (exact) mass is 349 g/mol. The summed E-state index contributed by atoms with van der Waals surface area (Å²) in [7, 11) is 0. The summed E-state index contributed by atoms with van der Waals surface area (Å²) in [4.78, 5) is 21.9. The SMILES string of the molecule is O=C1NC(=S)NC1=Cc1ccc(-c2cc([N+](=O)[O-])ccc2Cl)o1. The molecule has 9 heteroatoms. The van der Waals surface area contributed by atoms with E-state index >= 15 is 0 Å². The fourth-order valence-corrected chi connectivity index (χ4v) is 2.43. The number of nitrogens with zero attached hydrogens (tertiary/aromatic N) is 1. The first-order chi connectivity index (χ1) is 10.9. The van der Waals surface area contributed by atoms with Gasteiger partial charge in [0.1, 0.15) is 17.2 Å². The van der Waals surface area contributed by atoms with E-state index in [9.17, 15) is 14.9 Å². The smallest absolute Gasteiger partial charge is 0.274 e. The van der Waals surface area contributed by atoms with Crippen molar-refractivity contribution in [3.05, 3.63) is 56.9 Å². The third kappa shape index (κ3) is 3.08. The Kier molecular flexibility index (Phi) is 3.85. The largest absolute Gasteiger partial charge is 0.457 e. The van der Waals surface area contributed by atoms with E-state index in [1.807, 2.05) is 0 Å². The van der Waals surface area contributed by atoms with Crippen molar-refractivity contribution in [1.29, 1.82) is 0 Å². The minimum atomic E-state index is -0.514. The van der Waals surface area contributed by atoms with Crippen LogP contribution >= 0.6 is 23.8 Å². The van der Waals surface area contributed by atoms with Crippen LogP contribution in [0.3, 0.4) is 0 Å². The molecule has 1 saturated heterocycles. The molecule has 1 aromatic heterocycles. The molecule has 0 unspecified atom stereocenters. The number of carbonyl (C=O) groups is 1. The van der Waals surface area contributed by atoms with E-state index in [-0.39, 0.29) is 22.4 Å². The number of amides is 1. The van der Waals surface area contributed by atoms with Gasteiger partial charge in [0.05, 0.1) is 9.95 Å². The summed E-state index contributed by atoms with van der Waals surface area (Å²) in [5.41, 5.74) is 0.550. The lowest BCUT2D eigenvalue weighted by Crippen LogP contribution is -2.21. The maximum absolute atomic E-state index is 11.6. The molecule has 0 aliphatic carbocycles. The minimum absolute atomic E-state index is 0.0945. The van der Waals surface area contributed by atoms with Crippen LogP contribution in [0.1, 0.15) is 5.76 Å². The van der Waals surface area contributed by atoms with Crippen LogP contribution in [-0.4, -0.2) is 15.9 Å². The first-order valence-corrected chi connectivity index (χ1v) is 7.11. The van der Waals surface area contributed by atoms with Crippen molar-refractivity contribution in [3.63, 3.8) is 0 Å². The van der Waals surface area contributed by atoms with Crippen molar-refractivity contribution in [2.75, 3.05) is 0 Å². The standard InChI is InChI=1S/C14H8ClN3O4S/c15-10-3-1-7(18(20)21)5-9(10)12-4-2-8(22-12)6-11-13(19)17-14(23)16-11/h1-6H,(H2,16,17,19,23). The fraction of sp³-hybridized carbons (Fsp3) is 0. The van der Waals surface area contributed by atoms with Crippen LogP contribution in [0.5, 0.6) is 0 Å². The first-order valence-electron chi connectivity index (χ1n) is 6.32. The molecule has 1 aliphatic rings. The molecule has 0 saturated carbocycles. The second-order valence-corrected chi connectivity index (χ2v) is 5.40. The molecule has 1 fully saturated rings. The third-order valence-corrected chi connectivity index (χ3v) is 3.59. The van der Waals surface area contributed by atoms with Gasteiger partial charge in [-0.2, -0.15) is 0 Å². The molecule has 0 bridgehead atoms. The summed E-state index contributed by atoms with van der Waals surface area (Å²) >= 11 is 10.9. The Morgan fingerprint density at radius 3 is 2.70 bits per heavy atom. The van der Waals surface area contributed by atoms with Gasteiger partial charge in [0.25, 0.3) is 11.6 Å². The van der Waals surface area contributed by atoms with Crippen molar-refractivity contribution in [2.45, 2.75) is 0 Å². The molecule has 0 atom stereocenters. The Morgan fingerprint density at radius 2 is 2.04 bits per heavy atom. The summed E-state index contributed by atoms with van der Waals surface area (Å²) in [6, 6.07) is 7.30. The molecular formula is C14H8ClN3O4S. The summed E-state index contributed by atoms with van der Waals surface area (Å²) in [6.45, 7) is 0. The number of carbonyl (C=O) groups excluding carboxylic acids is 1. The molecule has 1 aromatic carbocycles. The number of nitrogens with one attached hydrogen (secondary N) is 2. The quantitative estimate of drug-likeness (QED) is 0.383. The van der Waals surface area contributed by atoms with E-state index in [1.165, 1.54) is 24.3 Å². The molecule has 2 heterocycles. The number of halogens is 1. The minimum Gasteiger partial charge on any atom is -0.457 e. The van der Waals surface area contributed by atoms with Crippen molar-refractivity contribution < 1.29 is 14.1 Å². The number of hydrogen-bond acceptors (Lipinski definition) is 5. The number of nitro groups is 1. The highest BCUT2D eigenvalue weighted by molar-refractivity contribution is 7.80. The highest BCUT2D eigenvalue weighted by Crippen LogP contribution is 2.33. The van der Waals surface area contributed by atoms with E-state index < -0.39 is 4.92 Å². The Morgan fingerprint density at radius 1 is 1.26 bits per heavy atom. The van der Waals surface area contributed by atoms with Crippen molar-refractivity contribution in [1.82, 2.24) is 10.6 Å². The Labute approximate surface area is 140 Å². The lowest BCUT2D eigenvalue weighted by Gasteiger charge is -2.00. The van der Waals surface area contributed by atoms with Crippen LogP contribution in [0, 0.1) is 10.1 Å². The summed E-state index contributed by atoms with van der Waals surface area (Å²) in [5.74, 6) is 0.373. The molecule has 2 N–H and O–H groups in total. The number of benzene rings is 1. The van der Waals surface area contributed by atoms with Gasteiger partial charge in [0.15, 0.2) is 5.11 Å².